The number of hydrogen-bond acceptors (Lipinski definition) is 1. The minimum Gasteiger partial charge on any atom is -0.390 e. The van der Waals surface area contributed by atoms with E-state index in [0.29, 0.717) is 0 Å². The Bertz CT molecular complexity index is 314. The first kappa shape index (κ1) is 8.11. The third-order valence-corrected chi connectivity index (χ3v) is 6.99. The van der Waals surface area contributed by atoms with E-state index >= 15 is 0 Å². The predicted molar refractivity (Wildman–Crippen MR) is 57.1 cm³/mol. The largest absolute Gasteiger partial charge is 0.390 e. The molecule has 0 amide bonds. The summed E-state index contributed by atoms with van der Waals surface area (Å²) in [5, 5.41) is 10.9. The summed E-state index contributed by atoms with van der Waals surface area (Å²) < 4.78 is 0. The van der Waals surface area contributed by atoms with Crippen LogP contribution < -0.4 is 0 Å². The lowest BCUT2D eigenvalue weighted by Gasteiger charge is -2.72. The molecule has 1 N–H and O–H groups in total. The predicted octanol–water partition coefficient (Wildman–Crippen LogP) is 2.44. The van der Waals surface area contributed by atoms with Gasteiger partial charge in [-0.2, -0.15) is 0 Å². The van der Waals surface area contributed by atoms with E-state index in [0.717, 1.165) is 41.4 Å². The number of aliphatic hydroxyl groups is 1. The maximum atomic E-state index is 10.9. The van der Waals surface area contributed by atoms with Crippen LogP contribution >= 0.6 is 0 Å². The second kappa shape index (κ2) is 2.16. The zero-order valence-electron chi connectivity index (χ0n) is 9.23. The molecule has 1 heteroatoms. The molecule has 82 valence electrons. The summed E-state index contributed by atoms with van der Waals surface area (Å²) in [5.41, 5.74) is -0.190. The van der Waals surface area contributed by atoms with E-state index in [1.807, 2.05) is 0 Å². The zero-order valence-corrected chi connectivity index (χ0v) is 9.23. The van der Waals surface area contributed by atoms with Crippen molar-refractivity contribution in [3.05, 3.63) is 0 Å². The number of hydrogen-bond donors (Lipinski definition) is 1. The topological polar surface area (TPSA) is 20.2 Å². The molecule has 0 spiro atoms. The summed E-state index contributed by atoms with van der Waals surface area (Å²) in [6.07, 6.45) is 8.28. The molecule has 0 aliphatic heterocycles. The van der Waals surface area contributed by atoms with E-state index in [1.54, 1.807) is 0 Å². The van der Waals surface area contributed by atoms with Gasteiger partial charge in [0.15, 0.2) is 0 Å². The first-order valence-electron chi connectivity index (χ1n) is 6.97. The van der Waals surface area contributed by atoms with Crippen molar-refractivity contribution in [1.29, 1.82) is 0 Å². The Hall–Kier alpha value is -0.0400. The fourth-order valence-corrected chi connectivity index (χ4v) is 6.90. The standard InChI is InChI=1S/C14H20O/c15-14-5-8-4-9(6-14)11-2-7-1-10(8)13(11)12(14)3-7/h7-13,15H,1-6H2/t7?,8-,9+,10?,11?,12?,13?,14?. The highest BCUT2D eigenvalue weighted by Crippen LogP contribution is 2.72. The first-order chi connectivity index (χ1) is 7.24. The smallest absolute Gasteiger partial charge is 0.0684 e. The quantitative estimate of drug-likeness (QED) is 0.642. The van der Waals surface area contributed by atoms with Crippen molar-refractivity contribution in [3.63, 3.8) is 0 Å². The van der Waals surface area contributed by atoms with Crippen molar-refractivity contribution in [2.24, 2.45) is 41.4 Å². The van der Waals surface area contributed by atoms with Crippen molar-refractivity contribution >= 4 is 0 Å². The van der Waals surface area contributed by atoms with Crippen molar-refractivity contribution in [2.75, 3.05) is 0 Å². The Balaban J connectivity index is 1.73. The molecule has 7 fully saturated rings. The maximum absolute atomic E-state index is 10.9. The Morgan fingerprint density at radius 3 is 2.20 bits per heavy atom. The molecule has 7 aliphatic rings. The summed E-state index contributed by atoms with van der Waals surface area (Å²) in [5.74, 6) is 6.64. The summed E-state index contributed by atoms with van der Waals surface area (Å²) in [4.78, 5) is 0. The molecule has 0 saturated heterocycles. The fourth-order valence-electron chi connectivity index (χ4n) is 6.90. The first-order valence-corrected chi connectivity index (χ1v) is 6.97. The van der Waals surface area contributed by atoms with Gasteiger partial charge in [-0.15, -0.1) is 0 Å². The molecule has 0 heterocycles. The van der Waals surface area contributed by atoms with Gasteiger partial charge in [-0.3, -0.25) is 0 Å². The lowest BCUT2D eigenvalue weighted by atomic mass is 9.34. The SMILES string of the molecule is OC12C[C@H]3C[C@@H](C1)C1CC4CC3C1C2C4. The Labute approximate surface area is 91.2 Å². The Morgan fingerprint density at radius 2 is 1.53 bits per heavy atom. The molecule has 0 radical (unpaired) electrons. The van der Waals surface area contributed by atoms with Crippen LogP contribution in [0.2, 0.25) is 0 Å². The van der Waals surface area contributed by atoms with E-state index in [2.05, 4.69) is 0 Å². The molecular formula is C14H20O. The Morgan fingerprint density at radius 1 is 0.867 bits per heavy atom. The van der Waals surface area contributed by atoms with Gasteiger partial charge in [0.1, 0.15) is 0 Å². The van der Waals surface area contributed by atoms with Crippen molar-refractivity contribution in [2.45, 2.75) is 44.1 Å². The van der Waals surface area contributed by atoms with Crippen LogP contribution in [0.15, 0.2) is 0 Å². The highest BCUT2D eigenvalue weighted by molar-refractivity contribution is 5.17. The molecule has 7 aliphatic carbocycles. The highest BCUT2D eigenvalue weighted by Gasteiger charge is 2.68. The van der Waals surface area contributed by atoms with Gasteiger partial charge in [-0.1, -0.05) is 0 Å². The molecule has 7 rings (SSSR count). The minimum absolute atomic E-state index is 0.190. The van der Waals surface area contributed by atoms with E-state index in [9.17, 15) is 5.11 Å². The molecular weight excluding hydrogens is 184 g/mol. The van der Waals surface area contributed by atoms with Gasteiger partial charge in [-0.05, 0) is 80.0 Å². The van der Waals surface area contributed by atoms with Crippen LogP contribution in [0.5, 0.6) is 0 Å². The van der Waals surface area contributed by atoms with Gasteiger partial charge < -0.3 is 5.11 Å². The molecule has 6 unspecified atom stereocenters. The lowest BCUT2D eigenvalue weighted by Crippen LogP contribution is -2.69. The van der Waals surface area contributed by atoms with Crippen LogP contribution in [0.25, 0.3) is 0 Å². The Kier molecular flexibility index (Phi) is 1.17. The van der Waals surface area contributed by atoms with E-state index in [4.69, 9.17) is 0 Å². The molecule has 0 aromatic carbocycles. The molecule has 8 atom stereocenters. The van der Waals surface area contributed by atoms with Gasteiger partial charge in [0.25, 0.3) is 0 Å². The third-order valence-electron chi connectivity index (χ3n) is 6.99. The monoisotopic (exact) mass is 204 g/mol. The van der Waals surface area contributed by atoms with Crippen LogP contribution in [0.3, 0.4) is 0 Å². The highest BCUT2D eigenvalue weighted by atomic mass is 16.3. The molecule has 0 aromatic rings. The summed E-state index contributed by atoms with van der Waals surface area (Å²) in [6.45, 7) is 0. The molecule has 15 heavy (non-hydrogen) atoms. The van der Waals surface area contributed by atoms with Gasteiger partial charge in [0, 0.05) is 0 Å². The van der Waals surface area contributed by atoms with Gasteiger partial charge in [-0.25, -0.2) is 0 Å². The molecule has 7 saturated carbocycles. The summed E-state index contributed by atoms with van der Waals surface area (Å²) in [6, 6.07) is 0. The molecule has 8 bridgehead atoms. The van der Waals surface area contributed by atoms with Crippen LogP contribution in [-0.4, -0.2) is 10.7 Å². The van der Waals surface area contributed by atoms with Crippen LogP contribution in [0.4, 0.5) is 0 Å². The van der Waals surface area contributed by atoms with E-state index < -0.39 is 0 Å². The van der Waals surface area contributed by atoms with E-state index in [-0.39, 0.29) is 5.60 Å². The average molecular weight is 204 g/mol. The minimum atomic E-state index is -0.190. The van der Waals surface area contributed by atoms with Gasteiger partial charge >= 0.3 is 0 Å². The second-order valence-electron chi connectivity index (χ2n) is 7.35. The van der Waals surface area contributed by atoms with Gasteiger partial charge in [0.2, 0.25) is 0 Å². The second-order valence-corrected chi connectivity index (χ2v) is 7.35. The van der Waals surface area contributed by atoms with Crippen molar-refractivity contribution in [3.8, 4) is 0 Å². The summed E-state index contributed by atoms with van der Waals surface area (Å²) in [7, 11) is 0. The number of rotatable bonds is 0. The molecule has 1 nitrogen and oxygen atoms in total. The zero-order chi connectivity index (χ0) is 9.78. The van der Waals surface area contributed by atoms with Crippen molar-refractivity contribution in [1.82, 2.24) is 0 Å². The van der Waals surface area contributed by atoms with Crippen molar-refractivity contribution < 1.29 is 5.11 Å². The normalized spacial score (nSPS) is 73.0. The van der Waals surface area contributed by atoms with Crippen LogP contribution in [-0.2, 0) is 0 Å². The summed E-state index contributed by atoms with van der Waals surface area (Å²) >= 11 is 0. The maximum Gasteiger partial charge on any atom is 0.0684 e. The van der Waals surface area contributed by atoms with E-state index in [1.165, 1.54) is 38.5 Å². The molecule has 0 aromatic heterocycles. The third kappa shape index (κ3) is 0.740. The average Bonchev–Trinajstić information content (AvgIpc) is 2.24. The lowest BCUT2D eigenvalue weighted by molar-refractivity contribution is -0.271. The van der Waals surface area contributed by atoms with Crippen LogP contribution in [0.1, 0.15) is 38.5 Å². The van der Waals surface area contributed by atoms with Gasteiger partial charge in [0.05, 0.1) is 5.60 Å². The van der Waals surface area contributed by atoms with Crippen LogP contribution in [0, 0.1) is 41.4 Å². The fraction of sp³-hybridized carbons (Fsp3) is 1.00.